The average molecular weight is 362 g/mol. The highest BCUT2D eigenvalue weighted by Crippen LogP contribution is 2.33. The van der Waals surface area contributed by atoms with E-state index in [2.05, 4.69) is 15.3 Å². The summed E-state index contributed by atoms with van der Waals surface area (Å²) in [6.45, 7) is 0.448. The molecule has 0 fully saturated rings. The lowest BCUT2D eigenvalue weighted by Crippen LogP contribution is -2.54. The molecular weight excluding hydrogens is 340 g/mol. The lowest BCUT2D eigenvalue weighted by molar-refractivity contribution is -0.125. The number of carbonyl (C=O) groups is 1. The Labute approximate surface area is 158 Å². The third-order valence-electron chi connectivity index (χ3n) is 4.52. The van der Waals surface area contributed by atoms with Gasteiger partial charge < -0.3 is 10.5 Å². The van der Waals surface area contributed by atoms with Crippen LogP contribution in [0.2, 0.25) is 0 Å². The van der Waals surface area contributed by atoms with Crippen LogP contribution >= 0.6 is 0 Å². The number of nitrogens with two attached hydrogens (primary N) is 1. The summed E-state index contributed by atoms with van der Waals surface area (Å²) in [7, 11) is 1.58. The van der Waals surface area contributed by atoms with Crippen LogP contribution in [0.3, 0.4) is 0 Å². The molecule has 0 radical (unpaired) electrons. The topological polar surface area (TPSA) is 90.1 Å². The summed E-state index contributed by atoms with van der Waals surface area (Å²) in [4.78, 5) is 21.0. The number of para-hydroxylation sites is 1. The van der Waals surface area contributed by atoms with Gasteiger partial charge in [-0.25, -0.2) is 0 Å². The maximum atomic E-state index is 12.8. The molecule has 2 heterocycles. The van der Waals surface area contributed by atoms with E-state index in [4.69, 9.17) is 10.5 Å². The van der Waals surface area contributed by atoms with Gasteiger partial charge in [-0.2, -0.15) is 0 Å². The van der Waals surface area contributed by atoms with Gasteiger partial charge in [-0.1, -0.05) is 24.3 Å². The van der Waals surface area contributed by atoms with Crippen molar-refractivity contribution in [2.75, 3.05) is 7.11 Å². The molecule has 1 aromatic carbocycles. The molecule has 27 heavy (non-hydrogen) atoms. The summed E-state index contributed by atoms with van der Waals surface area (Å²) in [5.41, 5.74) is 7.38. The van der Waals surface area contributed by atoms with Crippen molar-refractivity contribution in [3.63, 3.8) is 0 Å². The van der Waals surface area contributed by atoms with Crippen LogP contribution in [0.25, 0.3) is 0 Å². The number of ether oxygens (including phenoxy) is 1. The van der Waals surface area contributed by atoms with Crippen molar-refractivity contribution >= 4 is 5.91 Å². The second kappa shape index (κ2) is 8.42. The fourth-order valence-electron chi connectivity index (χ4n) is 3.12. The predicted octanol–water partition coefficient (Wildman–Crippen LogP) is 2.20. The van der Waals surface area contributed by atoms with E-state index in [1.165, 1.54) is 0 Å². The van der Waals surface area contributed by atoms with E-state index >= 15 is 0 Å². The van der Waals surface area contributed by atoms with Crippen LogP contribution < -0.4 is 15.8 Å². The van der Waals surface area contributed by atoms with Crippen LogP contribution in [0, 0.1) is 0 Å². The highest BCUT2D eigenvalue weighted by atomic mass is 16.5. The number of primary amides is 1. The normalized spacial score (nSPS) is 12.9. The van der Waals surface area contributed by atoms with E-state index in [9.17, 15) is 4.79 Å². The first kappa shape index (κ1) is 18.5. The molecule has 1 unspecified atom stereocenters. The molecule has 3 aromatic rings. The van der Waals surface area contributed by atoms with Gasteiger partial charge in [0.1, 0.15) is 11.3 Å². The molecule has 138 valence electrons. The largest absolute Gasteiger partial charge is 0.496 e. The van der Waals surface area contributed by atoms with Gasteiger partial charge in [0.05, 0.1) is 7.11 Å². The van der Waals surface area contributed by atoms with E-state index < -0.39 is 11.4 Å². The van der Waals surface area contributed by atoms with Crippen LogP contribution in [0.5, 0.6) is 5.75 Å². The molecule has 0 aliphatic heterocycles. The van der Waals surface area contributed by atoms with Crippen molar-refractivity contribution in [2.24, 2.45) is 5.73 Å². The number of benzene rings is 1. The minimum absolute atomic E-state index is 0.349. The Hall–Kier alpha value is -3.25. The zero-order valence-corrected chi connectivity index (χ0v) is 15.1. The van der Waals surface area contributed by atoms with Crippen molar-refractivity contribution in [2.45, 2.75) is 18.5 Å². The number of amides is 1. The van der Waals surface area contributed by atoms with Gasteiger partial charge in [0.25, 0.3) is 0 Å². The number of methoxy groups -OCH3 is 1. The zero-order chi connectivity index (χ0) is 19.1. The van der Waals surface area contributed by atoms with Gasteiger partial charge >= 0.3 is 0 Å². The second-order valence-corrected chi connectivity index (χ2v) is 6.22. The Bertz CT molecular complexity index is 887. The molecule has 0 bridgehead atoms. The number of hydrogen-bond acceptors (Lipinski definition) is 5. The molecule has 1 atom stereocenters. The van der Waals surface area contributed by atoms with Crippen molar-refractivity contribution in [1.82, 2.24) is 15.3 Å². The van der Waals surface area contributed by atoms with E-state index in [0.717, 1.165) is 11.1 Å². The number of aromatic nitrogens is 2. The number of carbonyl (C=O) groups excluding carboxylic acids is 1. The minimum Gasteiger partial charge on any atom is -0.496 e. The molecule has 2 aromatic heterocycles. The molecule has 0 spiro atoms. The quantitative estimate of drug-likeness (QED) is 0.641. The van der Waals surface area contributed by atoms with E-state index in [-0.39, 0.29) is 0 Å². The van der Waals surface area contributed by atoms with Crippen molar-refractivity contribution in [1.29, 1.82) is 0 Å². The summed E-state index contributed by atoms with van der Waals surface area (Å²) in [5.74, 6) is 0.118. The first-order chi connectivity index (χ1) is 13.2. The Morgan fingerprint density at radius 1 is 1.04 bits per heavy atom. The third kappa shape index (κ3) is 4.12. The number of nitrogens with one attached hydrogen (secondary N) is 1. The summed E-state index contributed by atoms with van der Waals surface area (Å²) in [5, 5.41) is 3.38. The molecule has 3 N–H and O–H groups in total. The fourth-order valence-corrected chi connectivity index (χ4v) is 3.12. The zero-order valence-electron chi connectivity index (χ0n) is 15.1. The van der Waals surface area contributed by atoms with Crippen molar-refractivity contribution in [3.05, 3.63) is 90.0 Å². The molecule has 0 saturated carbocycles. The van der Waals surface area contributed by atoms with Crippen LogP contribution in [0.15, 0.2) is 73.3 Å². The number of pyridine rings is 2. The Morgan fingerprint density at radius 2 is 1.81 bits per heavy atom. The molecule has 6 nitrogen and oxygen atoms in total. The van der Waals surface area contributed by atoms with Gasteiger partial charge in [0, 0.05) is 43.3 Å². The third-order valence-corrected chi connectivity index (χ3v) is 4.52. The van der Waals surface area contributed by atoms with Crippen molar-refractivity contribution < 1.29 is 9.53 Å². The monoisotopic (exact) mass is 362 g/mol. The summed E-state index contributed by atoms with van der Waals surface area (Å²) >= 11 is 0. The standard InChI is InChI=1S/C21H22N4O2/c1-27-19-7-3-2-6-18(19)21(20(22)26,13-17-5-4-10-24-14-17)25-15-16-8-11-23-12-9-16/h2-12,14,25H,13,15H2,1H3,(H2,22,26). The minimum atomic E-state index is -1.15. The Balaban J connectivity index is 2.06. The van der Waals surface area contributed by atoms with Crippen LogP contribution in [0.4, 0.5) is 0 Å². The highest BCUT2D eigenvalue weighted by molar-refractivity contribution is 5.87. The van der Waals surface area contributed by atoms with Crippen LogP contribution in [-0.2, 0) is 23.3 Å². The summed E-state index contributed by atoms with van der Waals surface area (Å²) < 4.78 is 5.52. The molecule has 6 heteroatoms. The lowest BCUT2D eigenvalue weighted by atomic mass is 9.82. The van der Waals surface area contributed by atoms with Gasteiger partial charge in [-0.05, 0) is 35.4 Å². The lowest BCUT2D eigenvalue weighted by Gasteiger charge is -2.33. The summed E-state index contributed by atoms with van der Waals surface area (Å²) in [6, 6.07) is 15.0. The molecular formula is C21H22N4O2. The van der Waals surface area contributed by atoms with Gasteiger partial charge in [-0.15, -0.1) is 0 Å². The highest BCUT2D eigenvalue weighted by Gasteiger charge is 2.40. The number of hydrogen-bond donors (Lipinski definition) is 2. The van der Waals surface area contributed by atoms with Crippen LogP contribution in [-0.4, -0.2) is 23.0 Å². The first-order valence-electron chi connectivity index (χ1n) is 8.62. The maximum absolute atomic E-state index is 12.8. The molecule has 0 saturated heterocycles. The smallest absolute Gasteiger partial charge is 0.242 e. The maximum Gasteiger partial charge on any atom is 0.242 e. The molecule has 0 aliphatic carbocycles. The van der Waals surface area contributed by atoms with E-state index in [0.29, 0.717) is 24.3 Å². The predicted molar refractivity (Wildman–Crippen MR) is 103 cm³/mol. The second-order valence-electron chi connectivity index (χ2n) is 6.22. The summed E-state index contributed by atoms with van der Waals surface area (Å²) in [6.07, 6.45) is 7.21. The average Bonchev–Trinajstić information content (AvgIpc) is 2.72. The molecule has 3 rings (SSSR count). The Kier molecular flexibility index (Phi) is 5.78. The van der Waals surface area contributed by atoms with Gasteiger partial charge in [0.15, 0.2) is 0 Å². The fraction of sp³-hybridized carbons (Fsp3) is 0.190. The van der Waals surface area contributed by atoms with E-state index in [1.54, 1.807) is 31.9 Å². The first-order valence-corrected chi connectivity index (χ1v) is 8.62. The Morgan fingerprint density at radius 3 is 2.48 bits per heavy atom. The van der Waals surface area contributed by atoms with Crippen molar-refractivity contribution in [3.8, 4) is 5.75 Å². The van der Waals surface area contributed by atoms with Gasteiger partial charge in [-0.3, -0.25) is 20.1 Å². The van der Waals surface area contributed by atoms with Gasteiger partial charge in [0.2, 0.25) is 5.91 Å². The molecule has 0 aliphatic rings. The van der Waals surface area contributed by atoms with E-state index in [1.807, 2.05) is 48.5 Å². The number of rotatable bonds is 8. The van der Waals surface area contributed by atoms with Crippen LogP contribution in [0.1, 0.15) is 16.7 Å². The number of nitrogens with zero attached hydrogens (tertiary/aromatic N) is 2. The molecule has 1 amide bonds. The SMILES string of the molecule is COc1ccccc1C(Cc1cccnc1)(NCc1ccncc1)C(N)=O.